The molecule has 4 nitrogen and oxygen atoms in total. The highest BCUT2D eigenvalue weighted by Crippen LogP contribution is 2.49. The van der Waals surface area contributed by atoms with Gasteiger partial charge in [-0.3, -0.25) is 0 Å². The highest BCUT2D eigenvalue weighted by atomic mass is 15.2. The number of rotatable bonds is 16. The number of para-hydroxylation sites is 2. The second-order valence-electron chi connectivity index (χ2n) is 31.8. The van der Waals surface area contributed by atoms with Crippen molar-refractivity contribution in [1.82, 2.24) is 0 Å². The number of hydrogen-bond donors (Lipinski definition) is 0. The van der Waals surface area contributed by atoms with E-state index >= 15 is 0 Å². The Balaban J connectivity index is 0.000000166. The summed E-state index contributed by atoms with van der Waals surface area (Å²) in [4.78, 5) is 9.37. The SMILES string of the molecule is CC(C)(C)c1ccc(N(c2ccc(N(c3ccccc3)c3ccc(-c4c5ccccc5c(-c5ccccc5)c5ccccc45)cc3)cc2)c2ccc(C(C)(C)C)cc2)cc1.Cc1ccc(N(c2ccc(C)cc2)c2ccc(N(c3ccccc3)c3ccc(-c4c5ccccc5c(-c5ccccc5)c5ccccc45)cc3)cc2)cc1. The number of aryl methyl sites for hydroxylation is 2. The summed E-state index contributed by atoms with van der Waals surface area (Å²) in [6.07, 6.45) is 0. The molecule has 0 amide bonds. The van der Waals surface area contributed by atoms with Crippen LogP contribution in [0.15, 0.2) is 413 Å². The van der Waals surface area contributed by atoms with E-state index in [1.807, 2.05) is 0 Å². The molecule has 0 aliphatic heterocycles. The Labute approximate surface area is 672 Å². The molecule has 0 spiro atoms. The van der Waals surface area contributed by atoms with E-state index in [0.29, 0.717) is 0 Å². The molecule has 0 bridgehead atoms. The van der Waals surface area contributed by atoms with Crippen molar-refractivity contribution >= 4 is 111 Å². The van der Waals surface area contributed by atoms with E-state index in [2.05, 4.69) is 488 Å². The fraction of sp³-hybridized carbons (Fsp3) is 0.0909. The molecule has 0 heterocycles. The second-order valence-corrected chi connectivity index (χ2v) is 31.8. The first kappa shape index (κ1) is 73.0. The first-order valence-corrected chi connectivity index (χ1v) is 39.7. The van der Waals surface area contributed by atoms with Gasteiger partial charge in [0.25, 0.3) is 0 Å². The molecule has 0 fully saturated rings. The summed E-state index contributed by atoms with van der Waals surface area (Å²) in [5.41, 5.74) is 28.5. The lowest BCUT2D eigenvalue weighted by Crippen LogP contribution is -2.14. The first-order valence-electron chi connectivity index (χ1n) is 39.7. The van der Waals surface area contributed by atoms with Crippen LogP contribution in [0.3, 0.4) is 0 Å². The Kier molecular flexibility index (Phi) is 20.2. The number of fused-ring (bicyclic) bond motifs is 4. The molecule has 114 heavy (non-hydrogen) atoms. The van der Waals surface area contributed by atoms with Crippen molar-refractivity contribution in [3.05, 3.63) is 435 Å². The molecular formula is C110H92N4. The number of anilines is 12. The van der Waals surface area contributed by atoms with Crippen LogP contribution in [0.2, 0.25) is 0 Å². The van der Waals surface area contributed by atoms with Gasteiger partial charge in [0.05, 0.1) is 0 Å². The molecule has 18 aromatic rings. The molecule has 552 valence electrons. The van der Waals surface area contributed by atoms with Gasteiger partial charge in [-0.05, 0) is 269 Å². The largest absolute Gasteiger partial charge is 0.311 e. The van der Waals surface area contributed by atoms with E-state index in [9.17, 15) is 0 Å². The van der Waals surface area contributed by atoms with Crippen LogP contribution in [0.1, 0.15) is 63.8 Å². The van der Waals surface area contributed by atoms with Gasteiger partial charge in [0.15, 0.2) is 0 Å². The van der Waals surface area contributed by atoms with E-state index in [1.54, 1.807) is 0 Å². The van der Waals surface area contributed by atoms with Gasteiger partial charge in [0.1, 0.15) is 0 Å². The van der Waals surface area contributed by atoms with Crippen molar-refractivity contribution in [2.24, 2.45) is 0 Å². The fourth-order valence-electron chi connectivity index (χ4n) is 16.3. The molecule has 4 heteroatoms. The molecule has 0 aliphatic carbocycles. The minimum atomic E-state index is 0.0764. The van der Waals surface area contributed by atoms with Crippen LogP contribution < -0.4 is 19.6 Å². The average Bonchev–Trinajstić information content (AvgIpc) is 0.738. The van der Waals surface area contributed by atoms with Gasteiger partial charge in [-0.15, -0.1) is 0 Å². The van der Waals surface area contributed by atoms with Crippen molar-refractivity contribution < 1.29 is 0 Å². The second kappa shape index (κ2) is 31.5. The molecule has 0 atom stereocenters. The molecule has 0 saturated heterocycles. The maximum Gasteiger partial charge on any atom is 0.0463 e. The minimum absolute atomic E-state index is 0.0764. The smallest absolute Gasteiger partial charge is 0.0463 e. The van der Waals surface area contributed by atoms with Crippen molar-refractivity contribution in [3.8, 4) is 44.5 Å². The molecule has 0 aliphatic rings. The zero-order chi connectivity index (χ0) is 77.9. The molecule has 18 rings (SSSR count). The van der Waals surface area contributed by atoms with Crippen molar-refractivity contribution in [3.63, 3.8) is 0 Å². The van der Waals surface area contributed by atoms with Crippen LogP contribution in [0.5, 0.6) is 0 Å². The van der Waals surface area contributed by atoms with E-state index < -0.39 is 0 Å². The molecule has 0 N–H and O–H groups in total. The van der Waals surface area contributed by atoms with E-state index in [4.69, 9.17) is 0 Å². The van der Waals surface area contributed by atoms with Crippen LogP contribution in [-0.2, 0) is 10.8 Å². The summed E-state index contributed by atoms with van der Waals surface area (Å²) in [6, 6.07) is 150. The summed E-state index contributed by atoms with van der Waals surface area (Å²) in [6.45, 7) is 17.9. The summed E-state index contributed by atoms with van der Waals surface area (Å²) in [5, 5.41) is 10.1. The lowest BCUT2D eigenvalue weighted by molar-refractivity contribution is 0.590. The Morgan fingerprint density at radius 1 is 0.149 bits per heavy atom. The summed E-state index contributed by atoms with van der Waals surface area (Å²) >= 11 is 0. The quantitative estimate of drug-likeness (QED) is 0.0894. The Hall–Kier alpha value is -13.8. The Bertz CT molecular complexity index is 6140. The average molecular weight is 1470 g/mol. The molecule has 0 aromatic heterocycles. The topological polar surface area (TPSA) is 13.0 Å². The van der Waals surface area contributed by atoms with Gasteiger partial charge in [-0.1, -0.05) is 320 Å². The van der Waals surface area contributed by atoms with Gasteiger partial charge in [0, 0.05) is 68.2 Å². The number of benzene rings is 18. The third kappa shape index (κ3) is 14.8. The molecule has 0 unspecified atom stereocenters. The predicted molar refractivity (Wildman–Crippen MR) is 490 cm³/mol. The van der Waals surface area contributed by atoms with Gasteiger partial charge in [-0.2, -0.15) is 0 Å². The Morgan fingerprint density at radius 3 is 0.500 bits per heavy atom. The van der Waals surface area contributed by atoms with Crippen LogP contribution in [0.4, 0.5) is 68.2 Å². The van der Waals surface area contributed by atoms with Gasteiger partial charge >= 0.3 is 0 Å². The minimum Gasteiger partial charge on any atom is -0.311 e. The fourth-order valence-corrected chi connectivity index (χ4v) is 16.3. The van der Waals surface area contributed by atoms with Crippen LogP contribution in [-0.4, -0.2) is 0 Å². The normalized spacial score (nSPS) is 11.5. The number of nitrogens with zero attached hydrogens (tertiary/aromatic N) is 4. The summed E-state index contributed by atoms with van der Waals surface area (Å²) in [7, 11) is 0. The highest BCUT2D eigenvalue weighted by Gasteiger charge is 2.25. The highest BCUT2D eigenvalue weighted by molar-refractivity contribution is 6.23. The van der Waals surface area contributed by atoms with Gasteiger partial charge < -0.3 is 19.6 Å². The van der Waals surface area contributed by atoms with Crippen LogP contribution >= 0.6 is 0 Å². The monoisotopic (exact) mass is 1470 g/mol. The zero-order valence-electron chi connectivity index (χ0n) is 66.0. The first-order chi connectivity index (χ1) is 55.7. The standard InChI is InChI=1S/C58H52N2.C52H40N2/c1-57(2,3)43-27-33-47(34-28-43)60(48-35-29-44(30-36-48)58(4,5)6)50-39-37-49(38-40-50)59(45-19-11-8-12-20-45)46-31-25-42(26-32-46)56-53-23-15-13-21-51(53)55(41-17-9-7-10-18-41)52-22-14-16-24-54(52)56;1-37-21-27-42(28-22-37)54(43-29-23-38(2)24-30-43)46-35-33-45(34-36-46)53(41-15-7-4-8-16-41)44-31-25-40(26-32-44)52-49-19-11-9-17-47(49)51(39-13-5-3-6-14-39)48-18-10-12-20-50(48)52/h7-40H,1-6H3;3-36H,1-2H3. The lowest BCUT2D eigenvalue weighted by Gasteiger charge is -2.29. The van der Waals surface area contributed by atoms with Crippen LogP contribution in [0.25, 0.3) is 87.6 Å². The zero-order valence-corrected chi connectivity index (χ0v) is 66.0. The van der Waals surface area contributed by atoms with E-state index in [1.165, 1.54) is 110 Å². The van der Waals surface area contributed by atoms with E-state index in [-0.39, 0.29) is 10.8 Å². The number of hydrogen-bond acceptors (Lipinski definition) is 4. The van der Waals surface area contributed by atoms with Crippen molar-refractivity contribution in [2.75, 3.05) is 19.6 Å². The van der Waals surface area contributed by atoms with Crippen molar-refractivity contribution in [2.45, 2.75) is 66.2 Å². The summed E-state index contributed by atoms with van der Waals surface area (Å²) in [5.74, 6) is 0. The lowest BCUT2D eigenvalue weighted by atomic mass is 9.86. The molecular weight excluding hydrogens is 1380 g/mol. The molecule has 18 aromatic carbocycles. The maximum atomic E-state index is 2.36. The van der Waals surface area contributed by atoms with Gasteiger partial charge in [-0.25, -0.2) is 0 Å². The maximum absolute atomic E-state index is 2.36. The van der Waals surface area contributed by atoms with Crippen molar-refractivity contribution in [1.29, 1.82) is 0 Å². The molecule has 0 saturated carbocycles. The predicted octanol–water partition coefficient (Wildman–Crippen LogP) is 31.7. The summed E-state index contributed by atoms with van der Waals surface area (Å²) < 4.78 is 0. The third-order valence-corrected chi connectivity index (χ3v) is 22.1. The molecule has 0 radical (unpaired) electrons. The van der Waals surface area contributed by atoms with Gasteiger partial charge in [0.2, 0.25) is 0 Å². The Morgan fingerprint density at radius 2 is 0.298 bits per heavy atom. The third-order valence-electron chi connectivity index (χ3n) is 22.1. The van der Waals surface area contributed by atoms with E-state index in [0.717, 1.165) is 68.2 Å². The van der Waals surface area contributed by atoms with Crippen LogP contribution in [0, 0.1) is 13.8 Å².